The van der Waals surface area contributed by atoms with Gasteiger partial charge in [0.2, 0.25) is 0 Å². The van der Waals surface area contributed by atoms with E-state index >= 15 is 0 Å². The van der Waals surface area contributed by atoms with Crippen molar-refractivity contribution in [2.45, 2.75) is 46.1 Å². The zero-order chi connectivity index (χ0) is 15.7. The molecular weight excluding hydrogens is 330 g/mol. The second-order valence-corrected chi connectivity index (χ2v) is 5.59. The van der Waals surface area contributed by atoms with Crippen molar-refractivity contribution in [3.63, 3.8) is 0 Å². The van der Waals surface area contributed by atoms with Gasteiger partial charge in [-0.05, 0) is 60.3 Å². The molecule has 1 atom stereocenters. The highest BCUT2D eigenvalue weighted by Gasteiger charge is 2.13. The Morgan fingerprint density at radius 1 is 1.29 bits per heavy atom. The molecule has 2 N–H and O–H groups in total. The summed E-state index contributed by atoms with van der Waals surface area (Å²) in [6.07, 6.45) is 2.49. The topological polar surface area (TPSA) is 44.5 Å². The summed E-state index contributed by atoms with van der Waals surface area (Å²) in [7, 11) is 0. The van der Waals surface area contributed by atoms with Gasteiger partial charge in [-0.1, -0.05) is 6.92 Å². The average molecular weight is 354 g/mol. The van der Waals surface area contributed by atoms with Crippen LogP contribution in [0, 0.1) is 11.8 Å². The molecule has 0 aromatic heterocycles. The molecule has 0 aliphatic heterocycles. The summed E-state index contributed by atoms with van der Waals surface area (Å²) in [6.45, 7) is 7.03. The molecule has 0 aliphatic carbocycles. The van der Waals surface area contributed by atoms with Crippen LogP contribution in [0.15, 0.2) is 16.6 Å². The Morgan fingerprint density at radius 3 is 2.67 bits per heavy atom. The molecule has 0 bridgehead atoms. The standard InChI is InChI=1S/C17H24BrNO2/c1-4-7-8-9-21-17-15(18)11-13(10-14(19)5-2)12-16(17)20-6-3/h11-12,14H,5-6,8-10,19H2,1-3H3. The van der Waals surface area contributed by atoms with E-state index in [4.69, 9.17) is 15.2 Å². The van der Waals surface area contributed by atoms with E-state index in [2.05, 4.69) is 40.8 Å². The predicted octanol–water partition coefficient (Wildman–Crippen LogP) is 3.92. The van der Waals surface area contributed by atoms with Crippen molar-refractivity contribution in [2.75, 3.05) is 13.2 Å². The molecule has 0 heterocycles. The summed E-state index contributed by atoms with van der Waals surface area (Å²) in [4.78, 5) is 0. The van der Waals surface area contributed by atoms with Crippen molar-refractivity contribution in [1.29, 1.82) is 0 Å². The zero-order valence-electron chi connectivity index (χ0n) is 13.0. The Morgan fingerprint density at radius 2 is 2.05 bits per heavy atom. The fraction of sp³-hybridized carbons (Fsp3) is 0.529. The molecule has 116 valence electrons. The number of halogens is 1. The third kappa shape index (κ3) is 5.99. The van der Waals surface area contributed by atoms with E-state index in [0.29, 0.717) is 19.6 Å². The summed E-state index contributed by atoms with van der Waals surface area (Å²) in [5.41, 5.74) is 7.18. The molecule has 0 fully saturated rings. The quantitative estimate of drug-likeness (QED) is 0.568. The van der Waals surface area contributed by atoms with Gasteiger partial charge < -0.3 is 15.2 Å². The molecule has 0 saturated heterocycles. The largest absolute Gasteiger partial charge is 0.490 e. The maximum absolute atomic E-state index is 6.03. The van der Waals surface area contributed by atoms with Gasteiger partial charge in [-0.2, -0.15) is 0 Å². The van der Waals surface area contributed by atoms with Crippen LogP contribution in [0.25, 0.3) is 0 Å². The molecule has 0 radical (unpaired) electrons. The molecular formula is C17H24BrNO2. The van der Waals surface area contributed by atoms with E-state index in [-0.39, 0.29) is 6.04 Å². The molecule has 0 spiro atoms. The number of nitrogens with two attached hydrogens (primary N) is 1. The van der Waals surface area contributed by atoms with Crippen LogP contribution in [0.1, 0.15) is 39.2 Å². The van der Waals surface area contributed by atoms with Crippen molar-refractivity contribution in [3.05, 3.63) is 22.2 Å². The minimum absolute atomic E-state index is 0.165. The van der Waals surface area contributed by atoms with Crippen LogP contribution in [-0.2, 0) is 6.42 Å². The van der Waals surface area contributed by atoms with E-state index in [9.17, 15) is 0 Å². The van der Waals surface area contributed by atoms with Crippen LogP contribution in [0.3, 0.4) is 0 Å². The van der Waals surface area contributed by atoms with Gasteiger partial charge in [-0.25, -0.2) is 0 Å². The Labute approximate surface area is 136 Å². The lowest BCUT2D eigenvalue weighted by Crippen LogP contribution is -2.21. The highest BCUT2D eigenvalue weighted by atomic mass is 79.9. The van der Waals surface area contributed by atoms with Crippen molar-refractivity contribution >= 4 is 15.9 Å². The van der Waals surface area contributed by atoms with Crippen LogP contribution in [0.2, 0.25) is 0 Å². The number of benzene rings is 1. The first-order valence-electron chi connectivity index (χ1n) is 7.35. The van der Waals surface area contributed by atoms with Crippen molar-refractivity contribution in [2.24, 2.45) is 5.73 Å². The molecule has 1 aromatic rings. The van der Waals surface area contributed by atoms with Gasteiger partial charge in [0.15, 0.2) is 11.5 Å². The lowest BCUT2D eigenvalue weighted by Gasteiger charge is -2.16. The van der Waals surface area contributed by atoms with Crippen molar-refractivity contribution < 1.29 is 9.47 Å². The maximum atomic E-state index is 6.03. The van der Waals surface area contributed by atoms with E-state index in [1.54, 1.807) is 0 Å². The van der Waals surface area contributed by atoms with Crippen LogP contribution >= 0.6 is 15.9 Å². The number of rotatable bonds is 8. The van der Waals surface area contributed by atoms with Crippen LogP contribution in [-0.4, -0.2) is 19.3 Å². The molecule has 0 amide bonds. The lowest BCUT2D eigenvalue weighted by atomic mass is 10.0. The van der Waals surface area contributed by atoms with E-state index in [1.165, 1.54) is 0 Å². The third-order valence-corrected chi connectivity index (χ3v) is 3.63. The lowest BCUT2D eigenvalue weighted by molar-refractivity contribution is 0.280. The van der Waals surface area contributed by atoms with E-state index in [0.717, 1.165) is 34.4 Å². The molecule has 1 unspecified atom stereocenters. The summed E-state index contributed by atoms with van der Waals surface area (Å²) >= 11 is 3.57. The number of ether oxygens (including phenoxy) is 2. The van der Waals surface area contributed by atoms with Gasteiger partial charge in [0.1, 0.15) is 0 Å². The van der Waals surface area contributed by atoms with E-state index < -0.39 is 0 Å². The Hall–Kier alpha value is -1.18. The molecule has 21 heavy (non-hydrogen) atoms. The molecule has 1 aromatic carbocycles. The van der Waals surface area contributed by atoms with Gasteiger partial charge >= 0.3 is 0 Å². The van der Waals surface area contributed by atoms with Crippen molar-refractivity contribution in [1.82, 2.24) is 0 Å². The average Bonchev–Trinajstić information content (AvgIpc) is 2.46. The van der Waals surface area contributed by atoms with Gasteiger partial charge in [-0.15, -0.1) is 11.8 Å². The Balaban J connectivity index is 2.91. The highest BCUT2D eigenvalue weighted by Crippen LogP contribution is 2.37. The summed E-state index contributed by atoms with van der Waals surface area (Å²) in [6, 6.07) is 4.24. The fourth-order valence-corrected chi connectivity index (χ4v) is 2.52. The molecule has 0 aliphatic rings. The molecule has 1 rings (SSSR count). The van der Waals surface area contributed by atoms with Gasteiger partial charge in [0.05, 0.1) is 17.7 Å². The predicted molar refractivity (Wildman–Crippen MR) is 90.8 cm³/mol. The van der Waals surface area contributed by atoms with Crippen LogP contribution < -0.4 is 15.2 Å². The maximum Gasteiger partial charge on any atom is 0.175 e. The van der Waals surface area contributed by atoms with Crippen molar-refractivity contribution in [3.8, 4) is 23.3 Å². The first kappa shape index (κ1) is 17.9. The normalized spacial score (nSPS) is 11.5. The van der Waals surface area contributed by atoms with Crippen LogP contribution in [0.4, 0.5) is 0 Å². The second-order valence-electron chi connectivity index (χ2n) is 4.74. The second kappa shape index (κ2) is 9.70. The van der Waals surface area contributed by atoms with Gasteiger partial charge in [-0.3, -0.25) is 0 Å². The molecule has 3 nitrogen and oxygen atoms in total. The van der Waals surface area contributed by atoms with Crippen LogP contribution in [0.5, 0.6) is 11.5 Å². The van der Waals surface area contributed by atoms with E-state index in [1.807, 2.05) is 19.9 Å². The Kier molecular flexibility index (Phi) is 8.26. The fourth-order valence-electron chi connectivity index (χ4n) is 1.92. The van der Waals surface area contributed by atoms with Gasteiger partial charge in [0, 0.05) is 12.5 Å². The Bertz CT molecular complexity index is 505. The molecule has 4 heteroatoms. The smallest absolute Gasteiger partial charge is 0.175 e. The molecule has 0 saturated carbocycles. The van der Waals surface area contributed by atoms with Gasteiger partial charge in [0.25, 0.3) is 0 Å². The first-order valence-corrected chi connectivity index (χ1v) is 8.14. The monoisotopic (exact) mass is 353 g/mol. The first-order chi connectivity index (χ1) is 10.1. The minimum Gasteiger partial charge on any atom is -0.490 e. The zero-order valence-corrected chi connectivity index (χ0v) is 14.6. The summed E-state index contributed by atoms with van der Waals surface area (Å²) in [5.74, 6) is 7.34. The highest BCUT2D eigenvalue weighted by molar-refractivity contribution is 9.10. The number of hydrogen-bond acceptors (Lipinski definition) is 3. The third-order valence-electron chi connectivity index (χ3n) is 3.04. The number of hydrogen-bond donors (Lipinski definition) is 1. The summed E-state index contributed by atoms with van der Waals surface area (Å²) in [5, 5.41) is 0. The summed E-state index contributed by atoms with van der Waals surface area (Å²) < 4.78 is 12.4. The minimum atomic E-state index is 0.165. The SMILES string of the molecule is CC#CCCOc1c(Br)cc(CC(N)CC)cc1OCC.